The molecule has 8 nitrogen and oxygen atoms in total. The lowest BCUT2D eigenvalue weighted by Gasteiger charge is -2.15. The lowest BCUT2D eigenvalue weighted by atomic mass is 10.2. The number of benzene rings is 1. The highest BCUT2D eigenvalue weighted by atomic mass is 19.1. The molecule has 1 aromatic heterocycles. The van der Waals surface area contributed by atoms with E-state index in [9.17, 15) is 14.0 Å². The van der Waals surface area contributed by atoms with Crippen LogP contribution in [-0.2, 0) is 22.4 Å². The van der Waals surface area contributed by atoms with E-state index >= 15 is 0 Å². The topological polar surface area (TPSA) is 106 Å². The van der Waals surface area contributed by atoms with Crippen molar-refractivity contribution < 1.29 is 23.2 Å². The molecule has 1 aromatic carbocycles. The standard InChI is InChI=1S/C18H23FN4O4/c1-3-5-15-20-17(27-23-15)7-4-6-16(24)21-22-18(25)12(2)26-14-10-8-13(19)9-11-14/h8-12H,3-7H2,1-2H3,(H,21,24)(H,22,25). The van der Waals surface area contributed by atoms with Crippen molar-refractivity contribution in [2.75, 3.05) is 0 Å². The van der Waals surface area contributed by atoms with Crippen LogP contribution in [0.5, 0.6) is 5.75 Å². The quantitative estimate of drug-likeness (QED) is 0.647. The van der Waals surface area contributed by atoms with Crippen molar-refractivity contribution >= 4 is 11.8 Å². The summed E-state index contributed by atoms with van der Waals surface area (Å²) in [5.74, 6) is 0.261. The Morgan fingerprint density at radius 3 is 2.67 bits per heavy atom. The number of halogens is 1. The van der Waals surface area contributed by atoms with Crippen LogP contribution in [0.2, 0.25) is 0 Å². The molecule has 1 unspecified atom stereocenters. The van der Waals surface area contributed by atoms with Crippen molar-refractivity contribution in [1.82, 2.24) is 21.0 Å². The van der Waals surface area contributed by atoms with Gasteiger partial charge in [-0.25, -0.2) is 4.39 Å². The van der Waals surface area contributed by atoms with Gasteiger partial charge in [-0.05, 0) is 44.0 Å². The molecule has 0 spiro atoms. The Labute approximate surface area is 156 Å². The maximum Gasteiger partial charge on any atom is 0.279 e. The Morgan fingerprint density at radius 1 is 1.22 bits per heavy atom. The van der Waals surface area contributed by atoms with Crippen molar-refractivity contribution in [2.45, 2.75) is 52.1 Å². The predicted octanol–water partition coefficient (Wildman–Crippen LogP) is 2.10. The van der Waals surface area contributed by atoms with Crippen LogP contribution < -0.4 is 15.6 Å². The molecule has 0 bridgehead atoms. The number of hydrogen-bond acceptors (Lipinski definition) is 6. The minimum atomic E-state index is -0.855. The number of carbonyl (C=O) groups is 2. The number of aromatic nitrogens is 2. The number of aryl methyl sites for hydroxylation is 2. The molecule has 1 heterocycles. The van der Waals surface area contributed by atoms with E-state index in [2.05, 4.69) is 21.0 Å². The summed E-state index contributed by atoms with van der Waals surface area (Å²) in [6.45, 7) is 3.55. The van der Waals surface area contributed by atoms with E-state index < -0.39 is 17.8 Å². The fourth-order valence-corrected chi connectivity index (χ4v) is 2.18. The van der Waals surface area contributed by atoms with Crippen LogP contribution in [0.1, 0.15) is 44.8 Å². The minimum absolute atomic E-state index is 0.193. The third kappa shape index (κ3) is 7.04. The Hall–Kier alpha value is -2.97. The fraction of sp³-hybridized carbons (Fsp3) is 0.444. The zero-order chi connectivity index (χ0) is 19.6. The molecule has 27 heavy (non-hydrogen) atoms. The van der Waals surface area contributed by atoms with E-state index in [1.807, 2.05) is 6.92 Å². The SMILES string of the molecule is CCCc1noc(CCCC(=O)NNC(=O)C(C)Oc2ccc(F)cc2)n1. The van der Waals surface area contributed by atoms with Gasteiger partial charge in [-0.3, -0.25) is 20.4 Å². The highest BCUT2D eigenvalue weighted by Crippen LogP contribution is 2.12. The van der Waals surface area contributed by atoms with Crippen LogP contribution in [0.25, 0.3) is 0 Å². The maximum atomic E-state index is 12.8. The van der Waals surface area contributed by atoms with Gasteiger partial charge in [0.1, 0.15) is 11.6 Å². The molecule has 2 N–H and O–H groups in total. The average molecular weight is 378 g/mol. The summed E-state index contributed by atoms with van der Waals surface area (Å²) in [6, 6.07) is 5.30. The van der Waals surface area contributed by atoms with Crippen molar-refractivity contribution in [3.05, 3.63) is 41.8 Å². The van der Waals surface area contributed by atoms with Gasteiger partial charge in [0, 0.05) is 19.3 Å². The highest BCUT2D eigenvalue weighted by Gasteiger charge is 2.15. The van der Waals surface area contributed by atoms with Gasteiger partial charge >= 0.3 is 0 Å². The molecule has 0 radical (unpaired) electrons. The van der Waals surface area contributed by atoms with E-state index in [0.717, 1.165) is 12.8 Å². The number of ether oxygens (including phenoxy) is 1. The van der Waals surface area contributed by atoms with Crippen molar-refractivity contribution in [1.29, 1.82) is 0 Å². The molecular formula is C18H23FN4O4. The van der Waals surface area contributed by atoms with Gasteiger partial charge in [-0.15, -0.1) is 0 Å². The van der Waals surface area contributed by atoms with Gasteiger partial charge < -0.3 is 9.26 Å². The third-order valence-electron chi connectivity index (χ3n) is 3.60. The van der Waals surface area contributed by atoms with E-state index in [0.29, 0.717) is 30.3 Å². The minimum Gasteiger partial charge on any atom is -0.481 e. The zero-order valence-corrected chi connectivity index (χ0v) is 15.3. The first-order valence-corrected chi connectivity index (χ1v) is 8.80. The second-order valence-electron chi connectivity index (χ2n) is 5.96. The number of hydrazine groups is 1. The summed E-state index contributed by atoms with van der Waals surface area (Å²) in [5, 5.41) is 3.84. The van der Waals surface area contributed by atoms with Gasteiger partial charge in [0.15, 0.2) is 11.9 Å². The van der Waals surface area contributed by atoms with Crippen molar-refractivity contribution in [2.24, 2.45) is 0 Å². The zero-order valence-electron chi connectivity index (χ0n) is 15.3. The number of nitrogens with zero attached hydrogens (tertiary/aromatic N) is 2. The molecule has 2 rings (SSSR count). The first-order chi connectivity index (χ1) is 13.0. The van der Waals surface area contributed by atoms with Crippen LogP contribution in [0.4, 0.5) is 4.39 Å². The van der Waals surface area contributed by atoms with Gasteiger partial charge in [-0.1, -0.05) is 12.1 Å². The van der Waals surface area contributed by atoms with Crippen molar-refractivity contribution in [3.63, 3.8) is 0 Å². The molecule has 0 aliphatic rings. The Kier molecular flexibility index (Phi) is 7.72. The summed E-state index contributed by atoms with van der Waals surface area (Å²) in [4.78, 5) is 27.9. The second-order valence-corrected chi connectivity index (χ2v) is 5.96. The molecule has 0 aliphatic carbocycles. The molecule has 9 heteroatoms. The second kappa shape index (κ2) is 10.2. The van der Waals surface area contributed by atoms with Gasteiger partial charge in [0.05, 0.1) is 0 Å². The average Bonchev–Trinajstić information content (AvgIpc) is 3.09. The Morgan fingerprint density at radius 2 is 1.96 bits per heavy atom. The summed E-state index contributed by atoms with van der Waals surface area (Å²) in [7, 11) is 0. The number of amides is 2. The van der Waals surface area contributed by atoms with E-state index in [-0.39, 0.29) is 12.3 Å². The lowest BCUT2D eigenvalue weighted by molar-refractivity contribution is -0.132. The van der Waals surface area contributed by atoms with Gasteiger partial charge in [0.2, 0.25) is 11.8 Å². The summed E-state index contributed by atoms with van der Waals surface area (Å²) >= 11 is 0. The molecule has 1 atom stereocenters. The largest absolute Gasteiger partial charge is 0.481 e. The number of hydrogen-bond donors (Lipinski definition) is 2. The predicted molar refractivity (Wildman–Crippen MR) is 94.0 cm³/mol. The molecule has 0 aliphatic heterocycles. The molecule has 2 amide bonds. The number of rotatable bonds is 9. The summed E-state index contributed by atoms with van der Waals surface area (Å²) in [6.07, 6.45) is 2.03. The van der Waals surface area contributed by atoms with Crippen LogP contribution in [0.3, 0.4) is 0 Å². The molecule has 0 saturated heterocycles. The highest BCUT2D eigenvalue weighted by molar-refractivity contribution is 5.84. The van der Waals surface area contributed by atoms with E-state index in [4.69, 9.17) is 9.26 Å². The van der Waals surface area contributed by atoms with Gasteiger partial charge in [-0.2, -0.15) is 4.98 Å². The smallest absolute Gasteiger partial charge is 0.279 e. The fourth-order valence-electron chi connectivity index (χ4n) is 2.18. The summed E-state index contributed by atoms with van der Waals surface area (Å²) < 4.78 is 23.3. The maximum absolute atomic E-state index is 12.8. The normalized spacial score (nSPS) is 11.7. The molecular weight excluding hydrogens is 355 g/mol. The lowest BCUT2D eigenvalue weighted by Crippen LogP contribution is -2.47. The Bertz CT molecular complexity index is 748. The van der Waals surface area contributed by atoms with Crippen LogP contribution >= 0.6 is 0 Å². The number of carbonyl (C=O) groups excluding carboxylic acids is 2. The van der Waals surface area contributed by atoms with Crippen LogP contribution in [-0.4, -0.2) is 28.1 Å². The van der Waals surface area contributed by atoms with E-state index in [1.165, 1.54) is 31.2 Å². The first-order valence-electron chi connectivity index (χ1n) is 8.80. The monoisotopic (exact) mass is 378 g/mol. The molecule has 0 saturated carbocycles. The van der Waals surface area contributed by atoms with E-state index in [1.54, 1.807) is 0 Å². The molecule has 146 valence electrons. The molecule has 2 aromatic rings. The Balaban J connectivity index is 1.64. The van der Waals surface area contributed by atoms with Crippen LogP contribution in [0, 0.1) is 5.82 Å². The number of nitrogens with one attached hydrogen (secondary N) is 2. The molecule has 0 fully saturated rings. The summed E-state index contributed by atoms with van der Waals surface area (Å²) in [5.41, 5.74) is 4.62. The third-order valence-corrected chi connectivity index (χ3v) is 3.60. The van der Waals surface area contributed by atoms with Crippen molar-refractivity contribution in [3.8, 4) is 5.75 Å². The van der Waals surface area contributed by atoms with Gasteiger partial charge in [0.25, 0.3) is 5.91 Å². The van der Waals surface area contributed by atoms with Crippen LogP contribution in [0.15, 0.2) is 28.8 Å². The first kappa shape index (κ1) is 20.3.